The van der Waals surface area contributed by atoms with E-state index in [4.69, 9.17) is 4.74 Å². The monoisotopic (exact) mass is 475 g/mol. The van der Waals surface area contributed by atoms with Crippen LogP contribution in [0.25, 0.3) is 11.0 Å². The lowest BCUT2D eigenvalue weighted by atomic mass is 9.91. The molecule has 1 saturated carbocycles. The van der Waals surface area contributed by atoms with Crippen molar-refractivity contribution in [1.29, 1.82) is 0 Å². The highest BCUT2D eigenvalue weighted by Gasteiger charge is 2.30. The zero-order chi connectivity index (χ0) is 24.6. The van der Waals surface area contributed by atoms with E-state index < -0.39 is 23.1 Å². The number of carbonyl (C=O) groups is 1. The number of amides is 1. The summed E-state index contributed by atoms with van der Waals surface area (Å²) >= 11 is 0. The van der Waals surface area contributed by atoms with Crippen LogP contribution in [-0.4, -0.2) is 56.9 Å². The van der Waals surface area contributed by atoms with Crippen molar-refractivity contribution in [1.82, 2.24) is 24.3 Å². The molecule has 34 heavy (non-hydrogen) atoms. The average Bonchev–Trinajstić information content (AvgIpc) is 2.75. The molecule has 1 saturated heterocycles. The van der Waals surface area contributed by atoms with Gasteiger partial charge in [0.05, 0.1) is 11.6 Å². The quantitative estimate of drug-likeness (QED) is 0.733. The van der Waals surface area contributed by atoms with Crippen molar-refractivity contribution < 1.29 is 13.9 Å². The molecule has 0 aromatic carbocycles. The Morgan fingerprint density at radius 2 is 1.68 bits per heavy atom. The molecule has 1 amide bonds. The molecule has 1 N–H and O–H groups in total. The summed E-state index contributed by atoms with van der Waals surface area (Å²) in [5, 5.41) is 3.02. The van der Waals surface area contributed by atoms with Gasteiger partial charge in [0.25, 0.3) is 5.56 Å². The number of alkyl carbamates (subject to hydrolysis) is 1. The van der Waals surface area contributed by atoms with Gasteiger partial charge < -0.3 is 15.0 Å². The number of piperidine rings is 1. The minimum absolute atomic E-state index is 0.0857. The number of carbonyl (C=O) groups excluding carboxylic acids is 1. The van der Waals surface area contributed by atoms with Crippen LogP contribution >= 0.6 is 0 Å². The molecule has 3 heterocycles. The number of hydrogen-bond donors (Lipinski definition) is 1. The van der Waals surface area contributed by atoms with Gasteiger partial charge in [0.2, 0.25) is 0 Å². The van der Waals surface area contributed by atoms with Gasteiger partial charge >= 0.3 is 11.8 Å². The van der Waals surface area contributed by atoms with Gasteiger partial charge in [-0.05, 0) is 85.5 Å². The molecule has 2 aromatic heterocycles. The first-order valence-electron chi connectivity index (χ1n) is 12.0. The number of pyridine rings is 1. The van der Waals surface area contributed by atoms with Crippen LogP contribution < -0.4 is 16.6 Å². The zero-order valence-electron chi connectivity index (χ0n) is 20.3. The van der Waals surface area contributed by atoms with Crippen LogP contribution in [0.5, 0.6) is 0 Å². The lowest BCUT2D eigenvalue weighted by molar-refractivity contribution is 0.0487. The summed E-state index contributed by atoms with van der Waals surface area (Å²) < 4.78 is 22.3. The molecule has 0 spiro atoms. The molecule has 0 unspecified atom stereocenters. The number of likely N-dealkylation sites (tertiary alicyclic amines) is 1. The third-order valence-electron chi connectivity index (χ3n) is 6.76. The van der Waals surface area contributed by atoms with Crippen molar-refractivity contribution in [3.63, 3.8) is 0 Å². The molecule has 1 aliphatic carbocycles. The van der Waals surface area contributed by atoms with E-state index in [1.54, 1.807) is 4.57 Å². The summed E-state index contributed by atoms with van der Waals surface area (Å²) in [4.78, 5) is 45.5. The zero-order valence-corrected chi connectivity index (χ0v) is 20.3. The van der Waals surface area contributed by atoms with Gasteiger partial charge in [-0.25, -0.2) is 19.0 Å². The normalized spacial score (nSPS) is 22.6. The lowest BCUT2D eigenvalue weighted by Gasteiger charge is -2.33. The van der Waals surface area contributed by atoms with E-state index in [0.717, 1.165) is 32.1 Å². The first-order chi connectivity index (χ1) is 16.0. The van der Waals surface area contributed by atoms with Crippen LogP contribution in [0.2, 0.25) is 0 Å². The lowest BCUT2D eigenvalue weighted by Crippen LogP contribution is -2.47. The molecular weight excluding hydrogens is 441 g/mol. The Morgan fingerprint density at radius 1 is 1.06 bits per heavy atom. The molecule has 0 radical (unpaired) electrons. The molecule has 0 bridgehead atoms. The predicted molar refractivity (Wildman–Crippen MR) is 127 cm³/mol. The summed E-state index contributed by atoms with van der Waals surface area (Å²) in [5.41, 5.74) is -1.21. The third-order valence-corrected chi connectivity index (χ3v) is 6.76. The molecule has 10 heteroatoms. The first-order valence-corrected chi connectivity index (χ1v) is 12.0. The fourth-order valence-corrected chi connectivity index (χ4v) is 5.06. The van der Waals surface area contributed by atoms with Gasteiger partial charge in [-0.2, -0.15) is 0 Å². The van der Waals surface area contributed by atoms with Gasteiger partial charge in [-0.3, -0.25) is 13.9 Å². The number of aromatic nitrogens is 3. The number of fused-ring (bicyclic) bond motifs is 1. The number of rotatable bonds is 3. The fourth-order valence-electron chi connectivity index (χ4n) is 5.06. The van der Waals surface area contributed by atoms with Gasteiger partial charge in [0, 0.05) is 18.1 Å². The molecule has 2 aromatic rings. The Labute approximate surface area is 197 Å². The van der Waals surface area contributed by atoms with Crippen molar-refractivity contribution in [2.24, 2.45) is 0 Å². The maximum atomic E-state index is 14.0. The SMILES string of the molecule is CN1CCC(n2c(=O)n(C3CCC(NC(=O)OC(C)(C)C)CC3)c(=O)c3cc(F)cnc32)CC1. The minimum atomic E-state index is -0.602. The van der Waals surface area contributed by atoms with E-state index in [2.05, 4.69) is 15.2 Å². The van der Waals surface area contributed by atoms with Gasteiger partial charge in [0.15, 0.2) is 0 Å². The summed E-state index contributed by atoms with van der Waals surface area (Å²) in [6.45, 7) is 7.09. The molecule has 1 aliphatic heterocycles. The second-order valence-electron chi connectivity index (χ2n) is 10.5. The highest BCUT2D eigenvalue weighted by atomic mass is 19.1. The number of nitrogens with one attached hydrogen (secondary N) is 1. The number of hydrogen-bond acceptors (Lipinski definition) is 6. The molecule has 4 rings (SSSR count). The van der Waals surface area contributed by atoms with Crippen molar-refractivity contribution in [2.45, 2.75) is 83.0 Å². The summed E-state index contributed by atoms with van der Waals surface area (Å²) in [5.74, 6) is -0.602. The maximum absolute atomic E-state index is 14.0. The Balaban J connectivity index is 1.63. The van der Waals surface area contributed by atoms with Crippen LogP contribution in [0.4, 0.5) is 9.18 Å². The van der Waals surface area contributed by atoms with Crippen LogP contribution in [0.1, 0.15) is 71.4 Å². The topological polar surface area (TPSA) is 98.5 Å². The standard InChI is InChI=1S/C24H34FN5O4/c1-24(2,3)34-22(32)27-16-5-7-17(8-6-16)30-21(31)19-13-15(25)14-26-20(19)29(23(30)33)18-9-11-28(4)12-10-18/h13-14,16-18H,5-12H2,1-4H3,(H,27,32). The first kappa shape index (κ1) is 24.4. The Kier molecular flexibility index (Phi) is 6.80. The third kappa shape index (κ3) is 5.16. The molecule has 0 atom stereocenters. The highest BCUT2D eigenvalue weighted by Crippen LogP contribution is 2.29. The Bertz CT molecular complexity index is 1170. The van der Waals surface area contributed by atoms with Crippen LogP contribution in [0.15, 0.2) is 21.9 Å². The van der Waals surface area contributed by atoms with Crippen molar-refractivity contribution in [3.05, 3.63) is 38.9 Å². The van der Waals surface area contributed by atoms with Crippen LogP contribution in [0, 0.1) is 5.82 Å². The largest absolute Gasteiger partial charge is 0.444 e. The summed E-state index contributed by atoms with van der Waals surface area (Å²) in [6.07, 6.45) is 4.45. The smallest absolute Gasteiger partial charge is 0.407 e. The van der Waals surface area contributed by atoms with E-state index in [0.29, 0.717) is 25.7 Å². The second kappa shape index (κ2) is 9.48. The molecule has 186 valence electrons. The molecule has 9 nitrogen and oxygen atoms in total. The van der Waals surface area contributed by atoms with Crippen LogP contribution in [-0.2, 0) is 4.74 Å². The van der Waals surface area contributed by atoms with E-state index in [9.17, 15) is 18.8 Å². The molecule has 2 aliphatic rings. The average molecular weight is 476 g/mol. The Morgan fingerprint density at radius 3 is 2.29 bits per heavy atom. The molecular formula is C24H34FN5O4. The summed E-state index contributed by atoms with van der Waals surface area (Å²) in [6, 6.07) is 0.683. The maximum Gasteiger partial charge on any atom is 0.407 e. The second-order valence-corrected chi connectivity index (χ2v) is 10.5. The van der Waals surface area contributed by atoms with Crippen molar-refractivity contribution >= 4 is 17.1 Å². The van der Waals surface area contributed by atoms with E-state index in [1.807, 2.05) is 27.8 Å². The number of nitrogens with zero attached hydrogens (tertiary/aromatic N) is 4. The van der Waals surface area contributed by atoms with E-state index in [1.165, 1.54) is 10.6 Å². The number of ether oxygens (including phenoxy) is 1. The van der Waals surface area contributed by atoms with E-state index >= 15 is 0 Å². The van der Waals surface area contributed by atoms with E-state index in [-0.39, 0.29) is 34.8 Å². The van der Waals surface area contributed by atoms with Crippen LogP contribution in [0.3, 0.4) is 0 Å². The van der Waals surface area contributed by atoms with Gasteiger partial charge in [-0.15, -0.1) is 0 Å². The summed E-state index contributed by atoms with van der Waals surface area (Å²) in [7, 11) is 2.04. The minimum Gasteiger partial charge on any atom is -0.444 e. The van der Waals surface area contributed by atoms with Gasteiger partial charge in [-0.1, -0.05) is 0 Å². The predicted octanol–water partition coefficient (Wildman–Crippen LogP) is 2.97. The van der Waals surface area contributed by atoms with Crippen molar-refractivity contribution in [3.8, 4) is 0 Å². The number of halogens is 1. The van der Waals surface area contributed by atoms with Crippen molar-refractivity contribution in [2.75, 3.05) is 20.1 Å². The highest BCUT2D eigenvalue weighted by molar-refractivity contribution is 5.73. The molecule has 2 fully saturated rings. The Hall–Kier alpha value is -2.75. The van der Waals surface area contributed by atoms with Gasteiger partial charge in [0.1, 0.15) is 17.1 Å². The fraction of sp³-hybridized carbons (Fsp3) is 0.667.